The van der Waals surface area contributed by atoms with Gasteiger partial charge in [-0.15, -0.1) is 10.4 Å². The van der Waals surface area contributed by atoms with Crippen LogP contribution < -0.4 is 4.74 Å². The van der Waals surface area contributed by atoms with Crippen molar-refractivity contribution in [3.05, 3.63) is 41.7 Å². The lowest BCUT2D eigenvalue weighted by atomic mass is 9.77. The molecule has 0 aliphatic carbocycles. The Labute approximate surface area is 430 Å². The summed E-state index contributed by atoms with van der Waals surface area (Å²) in [6, 6.07) is 4.63. The van der Waals surface area contributed by atoms with Crippen LogP contribution in [0.5, 0.6) is 5.75 Å². The van der Waals surface area contributed by atoms with Crippen molar-refractivity contribution in [3.8, 4) is 12.0 Å². The maximum Gasteiger partial charge on any atom is 0.311 e. The fourth-order valence-electron chi connectivity index (χ4n) is 11.3. The van der Waals surface area contributed by atoms with Gasteiger partial charge in [-0.3, -0.25) is 4.79 Å². The standard InChI is InChI=1S/C52H85FN6O14/c1-15-40-52(10,65)45(61)33(6)58(12)26-29(2)23-50(8,64)47(31(4)43(32(5)48(63)71-40)72-41-24-51(9,67-14)46(62)34(7)70-41)73-49-42(60)38(22-30(3)69-49)57(11)21-20-36-27-59(56-55-36)39(25-53)44(66-13)35-16-18-37(19-17-35)68-28-54/h16-19,27,29-34,38-47,49,60-62,64-65H,15,20-26H2,1-14H3/t29-,30-,31+,32-,33-,34+,38+,39-,40-,41+,42-,43+,44-,45-,46+,47-,49+,50-,51-,52-/m1/s1. The van der Waals surface area contributed by atoms with Crippen LogP contribution in [0.25, 0.3) is 0 Å². The lowest BCUT2D eigenvalue weighted by Gasteiger charge is -2.49. The zero-order chi connectivity index (χ0) is 54.3. The number of likely N-dealkylation sites (N-methyl/N-ethyl adjacent to an activating group) is 2. The molecule has 3 aliphatic rings. The Balaban J connectivity index is 1.44. The molecule has 2 aromatic rings. The van der Waals surface area contributed by atoms with Crippen LogP contribution in [-0.2, 0) is 44.4 Å². The largest absolute Gasteiger partial charge is 0.459 e. The topological polar surface area (TPSA) is 253 Å². The quantitative estimate of drug-likeness (QED) is 0.118. The first-order valence-corrected chi connectivity index (χ1v) is 25.7. The Bertz CT molecular complexity index is 2080. The fourth-order valence-corrected chi connectivity index (χ4v) is 11.3. The molecular formula is C52H85FN6O14. The minimum atomic E-state index is -1.86. The second kappa shape index (κ2) is 25.6. The number of hydrogen-bond donors (Lipinski definition) is 5. The minimum absolute atomic E-state index is 0.0770. The Morgan fingerprint density at radius 2 is 1.67 bits per heavy atom. The summed E-state index contributed by atoms with van der Waals surface area (Å²) < 4.78 is 65.0. The van der Waals surface area contributed by atoms with E-state index in [1.165, 1.54) is 25.8 Å². The van der Waals surface area contributed by atoms with Crippen LogP contribution in [0.4, 0.5) is 4.39 Å². The van der Waals surface area contributed by atoms with Gasteiger partial charge in [0.15, 0.2) is 12.6 Å². The zero-order valence-electron chi connectivity index (χ0n) is 45.3. The monoisotopic (exact) mass is 1040 g/mol. The second-order valence-electron chi connectivity index (χ2n) is 21.8. The van der Waals surface area contributed by atoms with Crippen LogP contribution in [0.3, 0.4) is 0 Å². The Kier molecular flexibility index (Phi) is 21.2. The van der Waals surface area contributed by atoms with Gasteiger partial charge in [0.1, 0.15) is 54.6 Å². The molecule has 20 atom stereocenters. The highest BCUT2D eigenvalue weighted by molar-refractivity contribution is 5.73. The summed E-state index contributed by atoms with van der Waals surface area (Å²) in [7, 11) is 6.65. The lowest BCUT2D eigenvalue weighted by Crippen LogP contribution is -2.61. The molecule has 0 spiro atoms. The number of halogens is 1. The van der Waals surface area contributed by atoms with E-state index in [-0.39, 0.29) is 25.2 Å². The van der Waals surface area contributed by atoms with E-state index in [1.807, 2.05) is 37.7 Å². The van der Waals surface area contributed by atoms with E-state index in [2.05, 4.69) is 10.3 Å². The van der Waals surface area contributed by atoms with Crippen molar-refractivity contribution in [2.45, 2.75) is 204 Å². The number of alkyl halides is 1. The number of methoxy groups -OCH3 is 2. The van der Waals surface area contributed by atoms with Gasteiger partial charge in [-0.05, 0) is 105 Å². The third kappa shape index (κ3) is 14.1. The second-order valence-corrected chi connectivity index (χ2v) is 21.8. The molecule has 21 heteroatoms. The molecule has 1 aromatic carbocycles. The number of aliphatic hydroxyl groups excluding tert-OH is 3. The maximum absolute atomic E-state index is 14.7. The fraction of sp³-hybridized carbons (Fsp3) is 0.808. The van der Waals surface area contributed by atoms with E-state index < -0.39 is 127 Å². The molecule has 3 fully saturated rings. The number of cyclic esters (lactones) is 1. The van der Waals surface area contributed by atoms with Gasteiger partial charge in [-0.2, -0.15) is 0 Å². The van der Waals surface area contributed by atoms with E-state index in [4.69, 9.17) is 43.2 Å². The summed E-state index contributed by atoms with van der Waals surface area (Å²) >= 11 is 0. The molecule has 4 heterocycles. The van der Waals surface area contributed by atoms with Gasteiger partial charge >= 0.3 is 5.97 Å². The molecule has 1 aromatic heterocycles. The number of nitriles is 1. The number of hydrogen-bond acceptors (Lipinski definition) is 19. The number of ether oxygens (including phenoxy) is 8. The summed E-state index contributed by atoms with van der Waals surface area (Å²) in [5.74, 6) is -2.57. The number of carbonyl (C=O) groups is 1. The first kappa shape index (κ1) is 60.4. The number of nitrogens with zero attached hydrogens (tertiary/aromatic N) is 6. The average molecular weight is 1040 g/mol. The lowest BCUT2D eigenvalue weighted by molar-refractivity contribution is -0.318. The highest BCUT2D eigenvalue weighted by atomic mass is 19.1. The normalized spacial score (nSPS) is 39.5. The summed E-state index contributed by atoms with van der Waals surface area (Å²) in [4.78, 5) is 18.4. The first-order chi connectivity index (χ1) is 34.3. The zero-order valence-corrected chi connectivity index (χ0v) is 45.3. The van der Waals surface area contributed by atoms with Gasteiger partial charge in [0.25, 0.3) is 6.26 Å². The molecule has 3 aliphatic heterocycles. The Morgan fingerprint density at radius 3 is 2.27 bits per heavy atom. The molecule has 0 bridgehead atoms. The first-order valence-electron chi connectivity index (χ1n) is 25.7. The van der Waals surface area contributed by atoms with Crippen molar-refractivity contribution in [2.24, 2.45) is 17.8 Å². The van der Waals surface area contributed by atoms with Crippen LogP contribution in [0, 0.1) is 29.3 Å². The van der Waals surface area contributed by atoms with Crippen LogP contribution in [-0.4, -0.2) is 195 Å². The van der Waals surface area contributed by atoms with Gasteiger partial charge in [-0.25, -0.2) is 9.07 Å². The molecule has 0 amide bonds. The van der Waals surface area contributed by atoms with Crippen LogP contribution in [0.1, 0.15) is 118 Å². The van der Waals surface area contributed by atoms with Crippen molar-refractivity contribution in [1.82, 2.24) is 24.8 Å². The highest BCUT2D eigenvalue weighted by Crippen LogP contribution is 2.41. The predicted molar refractivity (Wildman–Crippen MR) is 264 cm³/mol. The van der Waals surface area contributed by atoms with Gasteiger partial charge in [0.2, 0.25) is 0 Å². The van der Waals surface area contributed by atoms with E-state index in [0.717, 1.165) is 0 Å². The molecule has 0 saturated carbocycles. The molecule has 20 nitrogen and oxygen atoms in total. The number of esters is 1. The van der Waals surface area contributed by atoms with E-state index in [0.29, 0.717) is 42.9 Å². The SMILES string of the molecule is CC[C@H]1OC(=O)[C@H](C)[C@@H](O[C@H]2C[C@@](C)(OC)[C@@H](O)[C@H](C)O2)[C@H](C)[C@@H](O[C@@H]2O[C@H](C)C[C@H](N(C)CCc3cn([C@H](CF)[C@H](OC)c4ccc(OC#N)cc4)nn3)[C@H]2O)[C@](C)(O)C[C@@H](C)CN(C)[C@H](C)[C@@H](O)[C@]1(C)O. The van der Waals surface area contributed by atoms with Gasteiger partial charge < -0.3 is 73.2 Å². The Morgan fingerprint density at radius 1 is 1.00 bits per heavy atom. The number of aliphatic hydroxyl groups is 5. The average Bonchev–Trinajstić information content (AvgIpc) is 3.82. The molecular weight excluding hydrogens is 952 g/mol. The van der Waals surface area contributed by atoms with Crippen LogP contribution in [0.15, 0.2) is 30.5 Å². The van der Waals surface area contributed by atoms with Gasteiger partial charge in [-0.1, -0.05) is 38.1 Å². The maximum atomic E-state index is 14.7. The van der Waals surface area contributed by atoms with Crippen molar-refractivity contribution in [1.29, 1.82) is 5.26 Å². The van der Waals surface area contributed by atoms with Crippen molar-refractivity contribution >= 4 is 5.97 Å². The number of rotatable bonds is 16. The predicted octanol–water partition coefficient (Wildman–Crippen LogP) is 3.86. The summed E-state index contributed by atoms with van der Waals surface area (Å²) in [5, 5.41) is 77.2. The molecule has 5 N–H and O–H groups in total. The van der Waals surface area contributed by atoms with Gasteiger partial charge in [0, 0.05) is 64.3 Å². The third-order valence-electron chi connectivity index (χ3n) is 15.9. The smallest absolute Gasteiger partial charge is 0.311 e. The number of carbonyl (C=O) groups excluding carboxylic acids is 1. The molecule has 73 heavy (non-hydrogen) atoms. The number of benzene rings is 1. The summed E-state index contributed by atoms with van der Waals surface area (Å²) in [6.45, 7) is 17.3. The summed E-state index contributed by atoms with van der Waals surface area (Å²) in [5.41, 5.74) is -3.38. The molecule has 0 unspecified atom stereocenters. The van der Waals surface area contributed by atoms with Gasteiger partial charge in [0.05, 0.1) is 47.2 Å². The van der Waals surface area contributed by atoms with E-state index >= 15 is 0 Å². The Hall–Kier alpha value is -3.47. The van der Waals surface area contributed by atoms with Crippen molar-refractivity contribution in [3.63, 3.8) is 0 Å². The van der Waals surface area contributed by atoms with E-state index in [9.17, 15) is 34.7 Å². The van der Waals surface area contributed by atoms with Crippen LogP contribution >= 0.6 is 0 Å². The van der Waals surface area contributed by atoms with Crippen molar-refractivity contribution in [2.75, 3.05) is 48.1 Å². The summed E-state index contributed by atoms with van der Waals surface area (Å²) in [6.07, 6.45) is -6.63. The third-order valence-corrected chi connectivity index (χ3v) is 15.9. The molecule has 5 rings (SSSR count). The molecule has 0 radical (unpaired) electrons. The minimum Gasteiger partial charge on any atom is -0.459 e. The van der Waals surface area contributed by atoms with Crippen LogP contribution in [0.2, 0.25) is 0 Å². The van der Waals surface area contributed by atoms with Crippen molar-refractivity contribution < 1.29 is 72.6 Å². The highest BCUT2D eigenvalue weighted by Gasteiger charge is 2.53. The van der Waals surface area contributed by atoms with E-state index in [1.54, 1.807) is 85.2 Å². The molecule has 3 saturated heterocycles. The molecule has 414 valence electrons. The number of aromatic nitrogens is 3.